The number of methoxy groups -OCH3 is 1. The van der Waals surface area contributed by atoms with E-state index in [1.807, 2.05) is 43.3 Å². The molecule has 92 valence electrons. The Morgan fingerprint density at radius 1 is 0.944 bits per heavy atom. The summed E-state index contributed by atoms with van der Waals surface area (Å²) < 4.78 is 5.24. The molecule has 2 heteroatoms. The molecule has 0 bridgehead atoms. The highest BCUT2D eigenvalue weighted by Gasteiger charge is 1.96. The van der Waals surface area contributed by atoms with Gasteiger partial charge in [0.25, 0.3) is 0 Å². The van der Waals surface area contributed by atoms with E-state index in [1.165, 1.54) is 5.56 Å². The predicted molar refractivity (Wildman–Crippen MR) is 74.8 cm³/mol. The number of hydrogen-bond acceptors (Lipinski definition) is 2. The van der Waals surface area contributed by atoms with E-state index in [0.29, 0.717) is 0 Å². The topological polar surface area (TPSA) is 29.5 Å². The maximum Gasteiger partial charge on any atom is 0.119 e. The lowest BCUT2D eigenvalue weighted by atomic mass is 10.1. The van der Waals surface area contributed by atoms with Crippen LogP contribution in [0.1, 0.15) is 16.7 Å². The summed E-state index contributed by atoms with van der Waals surface area (Å²) in [6, 6.07) is 13.2. The SMILES string of the molecule is COc1cc(C)cc(/C=C\c2ccc(O)cc2)c1. The third kappa shape index (κ3) is 3.14. The van der Waals surface area contributed by atoms with Gasteiger partial charge in [-0.2, -0.15) is 0 Å². The quantitative estimate of drug-likeness (QED) is 0.825. The minimum Gasteiger partial charge on any atom is -0.508 e. The number of rotatable bonds is 3. The van der Waals surface area contributed by atoms with Crippen LogP contribution in [0.4, 0.5) is 0 Å². The summed E-state index contributed by atoms with van der Waals surface area (Å²) in [5.74, 6) is 1.14. The minimum absolute atomic E-state index is 0.282. The summed E-state index contributed by atoms with van der Waals surface area (Å²) in [6.45, 7) is 2.04. The number of benzene rings is 2. The van der Waals surface area contributed by atoms with Crippen molar-refractivity contribution in [1.29, 1.82) is 0 Å². The average Bonchev–Trinajstić information content (AvgIpc) is 2.37. The van der Waals surface area contributed by atoms with E-state index < -0.39 is 0 Å². The Morgan fingerprint density at radius 2 is 1.61 bits per heavy atom. The van der Waals surface area contributed by atoms with Crippen LogP contribution in [0.15, 0.2) is 42.5 Å². The Balaban J connectivity index is 2.22. The van der Waals surface area contributed by atoms with Gasteiger partial charge in [0.2, 0.25) is 0 Å². The van der Waals surface area contributed by atoms with E-state index >= 15 is 0 Å². The molecular weight excluding hydrogens is 224 g/mol. The Bertz CT molecular complexity index is 554. The summed E-state index contributed by atoms with van der Waals surface area (Å²) >= 11 is 0. The number of hydrogen-bond donors (Lipinski definition) is 1. The monoisotopic (exact) mass is 240 g/mol. The van der Waals surface area contributed by atoms with Crippen LogP contribution in [0, 0.1) is 6.92 Å². The molecule has 2 rings (SSSR count). The molecule has 2 nitrogen and oxygen atoms in total. The van der Waals surface area contributed by atoms with Gasteiger partial charge in [-0.25, -0.2) is 0 Å². The van der Waals surface area contributed by atoms with Gasteiger partial charge in [-0.1, -0.05) is 30.4 Å². The zero-order valence-corrected chi connectivity index (χ0v) is 10.6. The number of aromatic hydroxyl groups is 1. The van der Waals surface area contributed by atoms with Crippen LogP contribution in [-0.2, 0) is 0 Å². The van der Waals surface area contributed by atoms with E-state index in [2.05, 4.69) is 6.07 Å². The average molecular weight is 240 g/mol. The van der Waals surface area contributed by atoms with Gasteiger partial charge in [-0.15, -0.1) is 0 Å². The molecule has 0 aliphatic heterocycles. The molecule has 1 N–H and O–H groups in total. The van der Waals surface area contributed by atoms with Gasteiger partial charge in [0, 0.05) is 0 Å². The second kappa shape index (κ2) is 5.41. The molecule has 18 heavy (non-hydrogen) atoms. The highest BCUT2D eigenvalue weighted by molar-refractivity contribution is 5.70. The van der Waals surface area contributed by atoms with Gasteiger partial charge >= 0.3 is 0 Å². The molecule has 0 saturated heterocycles. The van der Waals surface area contributed by atoms with Crippen molar-refractivity contribution in [2.75, 3.05) is 7.11 Å². The minimum atomic E-state index is 0.282. The van der Waals surface area contributed by atoms with Crippen LogP contribution in [-0.4, -0.2) is 12.2 Å². The van der Waals surface area contributed by atoms with Gasteiger partial charge in [-0.3, -0.25) is 0 Å². The lowest BCUT2D eigenvalue weighted by Gasteiger charge is -2.03. The van der Waals surface area contributed by atoms with Crippen LogP contribution >= 0.6 is 0 Å². The lowest BCUT2D eigenvalue weighted by molar-refractivity contribution is 0.414. The van der Waals surface area contributed by atoms with Crippen LogP contribution in [0.3, 0.4) is 0 Å². The first-order valence-electron chi connectivity index (χ1n) is 5.80. The number of phenols is 1. The molecule has 0 amide bonds. The van der Waals surface area contributed by atoms with Crippen molar-refractivity contribution < 1.29 is 9.84 Å². The summed E-state index contributed by atoms with van der Waals surface area (Å²) in [5, 5.41) is 9.21. The fraction of sp³-hybridized carbons (Fsp3) is 0.125. The summed E-state index contributed by atoms with van der Waals surface area (Å²) in [4.78, 5) is 0. The molecule has 0 radical (unpaired) electrons. The van der Waals surface area contributed by atoms with E-state index in [1.54, 1.807) is 19.2 Å². The first kappa shape index (κ1) is 12.2. The van der Waals surface area contributed by atoms with Crippen LogP contribution in [0.2, 0.25) is 0 Å². The Hall–Kier alpha value is -2.22. The molecule has 0 aromatic heterocycles. The lowest BCUT2D eigenvalue weighted by Crippen LogP contribution is -1.85. The smallest absolute Gasteiger partial charge is 0.119 e. The zero-order valence-electron chi connectivity index (χ0n) is 10.6. The molecule has 0 saturated carbocycles. The van der Waals surface area contributed by atoms with Crippen molar-refractivity contribution in [3.8, 4) is 11.5 Å². The van der Waals surface area contributed by atoms with E-state index in [-0.39, 0.29) is 5.75 Å². The maximum atomic E-state index is 9.21. The van der Waals surface area contributed by atoms with Crippen molar-refractivity contribution in [1.82, 2.24) is 0 Å². The second-order valence-electron chi connectivity index (χ2n) is 4.21. The molecule has 0 aliphatic carbocycles. The molecule has 2 aromatic rings. The maximum absolute atomic E-state index is 9.21. The molecule has 0 aliphatic rings. The molecule has 2 aromatic carbocycles. The van der Waals surface area contributed by atoms with Gasteiger partial charge in [-0.05, 0) is 47.9 Å². The summed E-state index contributed by atoms with van der Waals surface area (Å²) in [5.41, 5.74) is 3.31. The van der Waals surface area contributed by atoms with Crippen molar-refractivity contribution in [2.24, 2.45) is 0 Å². The standard InChI is InChI=1S/C16H16O2/c1-12-9-14(11-16(10-12)18-2)4-3-13-5-7-15(17)8-6-13/h3-11,17H,1-2H3/b4-3-. The Kier molecular flexibility index (Phi) is 3.68. The highest BCUT2D eigenvalue weighted by atomic mass is 16.5. The first-order chi connectivity index (χ1) is 8.67. The number of phenolic OH excluding ortho intramolecular Hbond substituents is 1. The Labute approximate surface area is 107 Å². The van der Waals surface area contributed by atoms with Crippen molar-refractivity contribution in [2.45, 2.75) is 6.92 Å². The third-order valence-electron chi connectivity index (χ3n) is 2.67. The largest absolute Gasteiger partial charge is 0.508 e. The third-order valence-corrected chi connectivity index (χ3v) is 2.67. The van der Waals surface area contributed by atoms with E-state index in [0.717, 1.165) is 16.9 Å². The van der Waals surface area contributed by atoms with Crippen molar-refractivity contribution in [3.63, 3.8) is 0 Å². The highest BCUT2D eigenvalue weighted by Crippen LogP contribution is 2.19. The number of aryl methyl sites for hydroxylation is 1. The van der Waals surface area contributed by atoms with Crippen molar-refractivity contribution in [3.05, 3.63) is 59.2 Å². The van der Waals surface area contributed by atoms with Crippen LogP contribution in [0.5, 0.6) is 11.5 Å². The predicted octanol–water partition coefficient (Wildman–Crippen LogP) is 3.88. The van der Waals surface area contributed by atoms with Gasteiger partial charge in [0.1, 0.15) is 11.5 Å². The zero-order chi connectivity index (χ0) is 13.0. The molecule has 0 spiro atoms. The molecule has 0 atom stereocenters. The van der Waals surface area contributed by atoms with E-state index in [4.69, 9.17) is 4.74 Å². The van der Waals surface area contributed by atoms with Gasteiger partial charge < -0.3 is 9.84 Å². The summed E-state index contributed by atoms with van der Waals surface area (Å²) in [6.07, 6.45) is 4.04. The van der Waals surface area contributed by atoms with Gasteiger partial charge in [0.15, 0.2) is 0 Å². The number of ether oxygens (including phenoxy) is 1. The molecular formula is C16H16O2. The fourth-order valence-electron chi connectivity index (χ4n) is 1.77. The second-order valence-corrected chi connectivity index (χ2v) is 4.21. The van der Waals surface area contributed by atoms with Crippen LogP contribution < -0.4 is 4.74 Å². The molecule has 0 fully saturated rings. The Morgan fingerprint density at radius 3 is 2.28 bits per heavy atom. The summed E-state index contributed by atoms with van der Waals surface area (Å²) in [7, 11) is 1.67. The molecule has 0 heterocycles. The molecule has 0 unspecified atom stereocenters. The van der Waals surface area contributed by atoms with E-state index in [9.17, 15) is 5.11 Å². The van der Waals surface area contributed by atoms with Crippen LogP contribution in [0.25, 0.3) is 12.2 Å². The first-order valence-corrected chi connectivity index (χ1v) is 5.80. The van der Waals surface area contributed by atoms with Crippen molar-refractivity contribution >= 4 is 12.2 Å². The fourth-order valence-corrected chi connectivity index (χ4v) is 1.77. The van der Waals surface area contributed by atoms with Gasteiger partial charge in [0.05, 0.1) is 7.11 Å². The normalized spacial score (nSPS) is 10.8.